The van der Waals surface area contributed by atoms with E-state index in [2.05, 4.69) is 4.98 Å². The molecule has 98 valence electrons. The lowest BCUT2D eigenvalue weighted by atomic mass is 9.81. The third-order valence-corrected chi connectivity index (χ3v) is 2.82. The Balaban J connectivity index is 2.83. The summed E-state index contributed by atoms with van der Waals surface area (Å²) < 4.78 is 23.9. The number of pyridine rings is 1. The molecule has 0 N–H and O–H groups in total. The summed E-state index contributed by atoms with van der Waals surface area (Å²) in [4.78, 5) is 3.86. The van der Waals surface area contributed by atoms with Gasteiger partial charge >= 0.3 is 0 Å². The van der Waals surface area contributed by atoms with Gasteiger partial charge < -0.3 is 0 Å². The maximum Gasteiger partial charge on any atom is 0.266 e. The number of nitriles is 2. The Bertz CT molecular complexity index is 522. The average molecular weight is 282 g/mol. The van der Waals surface area contributed by atoms with Crippen molar-refractivity contribution in [3.8, 4) is 12.1 Å². The van der Waals surface area contributed by atoms with Crippen molar-refractivity contribution < 1.29 is 8.78 Å². The molecule has 1 heterocycles. The number of allylic oxidation sites excluding steroid dienone is 1. The van der Waals surface area contributed by atoms with E-state index in [1.165, 1.54) is 6.20 Å². The Hall–Kier alpha value is -1.98. The second-order valence-electron chi connectivity index (χ2n) is 4.00. The molecule has 0 saturated heterocycles. The fourth-order valence-corrected chi connectivity index (χ4v) is 1.70. The molecule has 0 radical (unpaired) electrons. The fourth-order valence-electron chi connectivity index (χ4n) is 1.59. The first kappa shape index (κ1) is 15.1. The quantitative estimate of drug-likeness (QED) is 0.770. The van der Waals surface area contributed by atoms with Gasteiger partial charge in [-0.2, -0.15) is 19.3 Å². The minimum Gasteiger partial charge on any atom is -0.244 e. The molecule has 0 amide bonds. The van der Waals surface area contributed by atoms with Crippen LogP contribution in [0.2, 0.25) is 5.15 Å². The summed E-state index contributed by atoms with van der Waals surface area (Å²) in [5, 5.41) is 18.6. The standard InChI is InChI=1S/C13H10ClF2N3/c14-11-4-3-10(7-19-11)6-13(8-17,9-18)5-1-2-12(15)16/h2-4,7H,1,5-6H2. The van der Waals surface area contributed by atoms with E-state index in [1.54, 1.807) is 12.1 Å². The molecule has 19 heavy (non-hydrogen) atoms. The monoisotopic (exact) mass is 281 g/mol. The van der Waals surface area contributed by atoms with Crippen LogP contribution in [0.25, 0.3) is 0 Å². The molecule has 1 rings (SSSR count). The van der Waals surface area contributed by atoms with Crippen molar-refractivity contribution in [1.82, 2.24) is 4.98 Å². The topological polar surface area (TPSA) is 60.5 Å². The van der Waals surface area contributed by atoms with Crippen LogP contribution in [-0.2, 0) is 6.42 Å². The smallest absolute Gasteiger partial charge is 0.244 e. The second-order valence-corrected chi connectivity index (χ2v) is 4.39. The van der Waals surface area contributed by atoms with Crippen LogP contribution in [0.1, 0.15) is 18.4 Å². The molecule has 0 fully saturated rings. The molecule has 1 aromatic rings. The first-order chi connectivity index (χ1) is 9.01. The molecule has 0 aliphatic carbocycles. The normalized spacial score (nSPS) is 10.4. The largest absolute Gasteiger partial charge is 0.266 e. The molecule has 6 heteroatoms. The van der Waals surface area contributed by atoms with Crippen LogP contribution in [0.4, 0.5) is 8.78 Å². The zero-order valence-corrected chi connectivity index (χ0v) is 10.7. The SMILES string of the molecule is N#CC(C#N)(CCC=C(F)F)Cc1ccc(Cl)nc1. The van der Waals surface area contributed by atoms with Gasteiger partial charge in [0.15, 0.2) is 0 Å². The highest BCUT2D eigenvalue weighted by Gasteiger charge is 2.30. The van der Waals surface area contributed by atoms with Gasteiger partial charge in [0.05, 0.1) is 12.1 Å². The van der Waals surface area contributed by atoms with E-state index in [9.17, 15) is 8.78 Å². The maximum atomic E-state index is 12.0. The third kappa shape index (κ3) is 4.65. The molecule has 0 spiro atoms. The molecule has 0 aliphatic rings. The summed E-state index contributed by atoms with van der Waals surface area (Å²) in [7, 11) is 0. The molecule has 0 bridgehead atoms. The van der Waals surface area contributed by atoms with Gasteiger partial charge in [-0.25, -0.2) is 4.98 Å². The Morgan fingerprint density at radius 3 is 2.53 bits per heavy atom. The molecule has 0 atom stereocenters. The van der Waals surface area contributed by atoms with Gasteiger partial charge in [0.2, 0.25) is 0 Å². The molecular weight excluding hydrogens is 272 g/mol. The highest BCUT2D eigenvalue weighted by Crippen LogP contribution is 2.28. The van der Waals surface area contributed by atoms with Crippen molar-refractivity contribution in [2.45, 2.75) is 19.3 Å². The van der Waals surface area contributed by atoms with E-state index >= 15 is 0 Å². The van der Waals surface area contributed by atoms with Crippen LogP contribution in [0.3, 0.4) is 0 Å². The molecule has 1 aromatic heterocycles. The highest BCUT2D eigenvalue weighted by molar-refractivity contribution is 6.29. The van der Waals surface area contributed by atoms with Crippen LogP contribution in [0, 0.1) is 28.1 Å². The van der Waals surface area contributed by atoms with Gasteiger partial charge in [-0.1, -0.05) is 17.7 Å². The van der Waals surface area contributed by atoms with Gasteiger partial charge in [0, 0.05) is 12.6 Å². The Morgan fingerprint density at radius 2 is 2.05 bits per heavy atom. The molecule has 0 aliphatic heterocycles. The van der Waals surface area contributed by atoms with Crippen molar-refractivity contribution in [2.75, 3.05) is 0 Å². The lowest BCUT2D eigenvalue weighted by molar-refractivity contribution is 0.410. The van der Waals surface area contributed by atoms with Crippen LogP contribution in [0.15, 0.2) is 30.5 Å². The molecule has 3 nitrogen and oxygen atoms in total. The Kier molecular flexibility index (Phi) is 5.41. The van der Waals surface area contributed by atoms with Gasteiger partial charge in [0.1, 0.15) is 10.6 Å². The summed E-state index contributed by atoms with van der Waals surface area (Å²) in [5.74, 6) is 0. The van der Waals surface area contributed by atoms with E-state index < -0.39 is 11.5 Å². The lowest BCUT2D eigenvalue weighted by Gasteiger charge is -2.17. The summed E-state index contributed by atoms with van der Waals surface area (Å²) >= 11 is 5.64. The number of hydrogen-bond donors (Lipinski definition) is 0. The lowest BCUT2D eigenvalue weighted by Crippen LogP contribution is -2.19. The minimum absolute atomic E-state index is 0.0233. The predicted octanol–water partition coefficient (Wildman–Crippen LogP) is 3.87. The average Bonchev–Trinajstić information content (AvgIpc) is 2.40. The molecule has 0 aromatic carbocycles. The number of rotatable bonds is 5. The number of nitrogens with zero attached hydrogens (tertiary/aromatic N) is 3. The molecule has 0 saturated carbocycles. The number of halogens is 3. The van der Waals surface area contributed by atoms with E-state index in [0.717, 1.165) is 0 Å². The third-order valence-electron chi connectivity index (χ3n) is 2.59. The zero-order chi connectivity index (χ0) is 14.3. The van der Waals surface area contributed by atoms with Crippen LogP contribution >= 0.6 is 11.6 Å². The summed E-state index contributed by atoms with van der Waals surface area (Å²) in [5.41, 5.74) is -0.668. The zero-order valence-electron chi connectivity index (χ0n) is 9.91. The number of hydrogen-bond acceptors (Lipinski definition) is 3. The minimum atomic E-state index is -1.81. The van der Waals surface area contributed by atoms with Crippen molar-refractivity contribution in [2.24, 2.45) is 5.41 Å². The predicted molar refractivity (Wildman–Crippen MR) is 66.1 cm³/mol. The first-order valence-corrected chi connectivity index (χ1v) is 5.83. The van der Waals surface area contributed by atoms with Gasteiger partial charge in [-0.15, -0.1) is 0 Å². The molecule has 0 unspecified atom stereocenters. The van der Waals surface area contributed by atoms with Gasteiger partial charge in [-0.05, 0) is 30.5 Å². The molecular formula is C13H10ClF2N3. The second kappa shape index (κ2) is 6.82. The fraction of sp³-hybridized carbons (Fsp3) is 0.308. The van der Waals surface area contributed by atoms with E-state index in [4.69, 9.17) is 22.1 Å². The Morgan fingerprint density at radius 1 is 1.37 bits per heavy atom. The van der Waals surface area contributed by atoms with Crippen molar-refractivity contribution in [3.05, 3.63) is 41.2 Å². The van der Waals surface area contributed by atoms with E-state index in [1.807, 2.05) is 12.1 Å². The van der Waals surface area contributed by atoms with E-state index in [-0.39, 0.29) is 19.3 Å². The summed E-state index contributed by atoms with van der Waals surface area (Å²) in [6.07, 6.45) is 0.523. The number of aromatic nitrogens is 1. The highest BCUT2D eigenvalue weighted by atomic mass is 35.5. The first-order valence-electron chi connectivity index (χ1n) is 5.45. The summed E-state index contributed by atoms with van der Waals surface area (Å²) in [6.45, 7) is 0. The van der Waals surface area contributed by atoms with Gasteiger partial charge in [-0.3, -0.25) is 0 Å². The van der Waals surface area contributed by atoms with E-state index in [0.29, 0.717) is 16.8 Å². The van der Waals surface area contributed by atoms with Crippen LogP contribution < -0.4 is 0 Å². The van der Waals surface area contributed by atoms with Crippen LogP contribution in [0.5, 0.6) is 0 Å². The van der Waals surface area contributed by atoms with Crippen molar-refractivity contribution >= 4 is 11.6 Å². The van der Waals surface area contributed by atoms with Crippen molar-refractivity contribution in [3.63, 3.8) is 0 Å². The Labute approximate surface area is 114 Å². The van der Waals surface area contributed by atoms with Crippen molar-refractivity contribution in [1.29, 1.82) is 10.5 Å². The summed E-state index contributed by atoms with van der Waals surface area (Å²) in [6, 6.07) is 7.02. The van der Waals surface area contributed by atoms with Gasteiger partial charge in [0.25, 0.3) is 6.08 Å². The maximum absolute atomic E-state index is 12.0. The van der Waals surface area contributed by atoms with Crippen LogP contribution in [-0.4, -0.2) is 4.98 Å².